The zero-order chi connectivity index (χ0) is 20.1. The molecule has 0 bridgehead atoms. The lowest BCUT2D eigenvalue weighted by atomic mass is 9.90. The maximum absolute atomic E-state index is 14.5. The first kappa shape index (κ1) is 20.1. The number of hydrogen-bond acceptors (Lipinski definition) is 5. The number of anilines is 1. The number of nitrogens with zero attached hydrogens (tertiary/aromatic N) is 3. The van der Waals surface area contributed by atoms with E-state index in [9.17, 15) is 14.4 Å². The Labute approximate surface area is 159 Å². The third-order valence-corrected chi connectivity index (χ3v) is 4.37. The number of carbonyl (C=O) groups is 2. The van der Waals surface area contributed by atoms with Crippen molar-refractivity contribution in [3.8, 4) is 17.2 Å². The molecule has 0 saturated carbocycles. The summed E-state index contributed by atoms with van der Waals surface area (Å²) in [6.45, 7) is 2.01. The smallest absolute Gasteiger partial charge is 0.290 e. The molecular formula is C18H16ClFN4O3. The van der Waals surface area contributed by atoms with Gasteiger partial charge in [-0.1, -0.05) is 11.6 Å². The maximum Gasteiger partial charge on any atom is 0.290 e. The van der Waals surface area contributed by atoms with Gasteiger partial charge in [-0.2, -0.15) is 5.26 Å². The van der Waals surface area contributed by atoms with Crippen LogP contribution in [-0.2, 0) is 22.6 Å². The topological polar surface area (TPSA) is 120 Å². The third-order valence-electron chi connectivity index (χ3n) is 4.14. The van der Waals surface area contributed by atoms with E-state index in [1.54, 1.807) is 11.0 Å². The average molecular weight is 391 g/mol. The minimum Gasteiger partial charge on any atom is -0.483 e. The van der Waals surface area contributed by atoms with Gasteiger partial charge in [-0.05, 0) is 18.2 Å². The van der Waals surface area contributed by atoms with Crippen molar-refractivity contribution in [3.63, 3.8) is 0 Å². The standard InChI is InChI=1S/C17H14ClFN4O.CH2O2/c1-9(24)23-5-4-15-13(8-23)16(12(7-20)17(21)22-15)11-3-2-10(18)6-14(11)19;2-1-3/h2-3,6H,4-5,8H2,1H3,(H2,21,22);1H,(H,2,3). The highest BCUT2D eigenvalue weighted by atomic mass is 35.5. The van der Waals surface area contributed by atoms with Crippen LogP contribution in [0.15, 0.2) is 18.2 Å². The van der Waals surface area contributed by atoms with Gasteiger partial charge in [0.15, 0.2) is 0 Å². The molecule has 1 amide bonds. The van der Waals surface area contributed by atoms with Gasteiger partial charge >= 0.3 is 0 Å². The van der Waals surface area contributed by atoms with E-state index in [1.165, 1.54) is 19.1 Å². The molecule has 9 heteroatoms. The van der Waals surface area contributed by atoms with Crippen LogP contribution in [0.3, 0.4) is 0 Å². The molecule has 3 N–H and O–H groups in total. The third kappa shape index (κ3) is 4.15. The summed E-state index contributed by atoms with van der Waals surface area (Å²) in [6.07, 6.45) is 0.507. The number of amides is 1. The van der Waals surface area contributed by atoms with Crippen molar-refractivity contribution in [2.45, 2.75) is 19.9 Å². The molecule has 0 atom stereocenters. The van der Waals surface area contributed by atoms with E-state index >= 15 is 0 Å². The van der Waals surface area contributed by atoms with Crippen molar-refractivity contribution < 1.29 is 19.1 Å². The molecule has 1 aliphatic heterocycles. The molecule has 0 radical (unpaired) electrons. The molecular weight excluding hydrogens is 375 g/mol. The number of nitrogen functional groups attached to an aromatic ring is 1. The van der Waals surface area contributed by atoms with Gasteiger partial charge in [-0.15, -0.1) is 0 Å². The van der Waals surface area contributed by atoms with Crippen molar-refractivity contribution in [1.82, 2.24) is 9.88 Å². The minimum absolute atomic E-state index is 0.0666. The van der Waals surface area contributed by atoms with E-state index in [0.717, 1.165) is 0 Å². The molecule has 1 aromatic carbocycles. The summed E-state index contributed by atoms with van der Waals surface area (Å²) in [5.41, 5.74) is 7.98. The number of fused-ring (bicyclic) bond motifs is 1. The average Bonchev–Trinajstić information content (AvgIpc) is 2.61. The van der Waals surface area contributed by atoms with Crippen LogP contribution in [0.1, 0.15) is 23.7 Å². The van der Waals surface area contributed by atoms with Gasteiger partial charge in [-0.25, -0.2) is 9.37 Å². The molecule has 0 fully saturated rings. The second kappa shape index (κ2) is 8.47. The van der Waals surface area contributed by atoms with Gasteiger partial charge in [0, 0.05) is 48.1 Å². The predicted molar refractivity (Wildman–Crippen MR) is 97.3 cm³/mol. The summed E-state index contributed by atoms with van der Waals surface area (Å²) in [5, 5.41) is 16.6. The number of benzene rings is 1. The fraction of sp³-hybridized carbons (Fsp3) is 0.222. The number of carbonyl (C=O) groups excluding carboxylic acids is 1. The fourth-order valence-electron chi connectivity index (χ4n) is 2.95. The van der Waals surface area contributed by atoms with Crippen LogP contribution in [0.2, 0.25) is 5.02 Å². The van der Waals surface area contributed by atoms with E-state index in [4.69, 9.17) is 27.2 Å². The summed E-state index contributed by atoms with van der Waals surface area (Å²) in [6, 6.07) is 6.26. The van der Waals surface area contributed by atoms with Crippen molar-refractivity contribution in [1.29, 1.82) is 5.26 Å². The molecule has 1 aromatic heterocycles. The molecule has 27 heavy (non-hydrogen) atoms. The molecule has 0 spiro atoms. The Kier molecular flexibility index (Phi) is 6.32. The predicted octanol–water partition coefficient (Wildman–Crippen LogP) is 2.60. The number of nitrogens with two attached hydrogens (primary N) is 1. The van der Waals surface area contributed by atoms with Gasteiger partial charge in [0.1, 0.15) is 23.3 Å². The first-order valence-corrected chi connectivity index (χ1v) is 8.21. The van der Waals surface area contributed by atoms with E-state index in [-0.39, 0.29) is 40.9 Å². The zero-order valence-corrected chi connectivity index (χ0v) is 15.1. The lowest BCUT2D eigenvalue weighted by molar-refractivity contribution is -0.129. The molecule has 140 valence electrons. The van der Waals surface area contributed by atoms with Gasteiger partial charge in [0.25, 0.3) is 6.47 Å². The summed E-state index contributed by atoms with van der Waals surface area (Å²) >= 11 is 5.82. The highest BCUT2D eigenvalue weighted by molar-refractivity contribution is 6.30. The first-order valence-electron chi connectivity index (χ1n) is 7.84. The largest absolute Gasteiger partial charge is 0.483 e. The Balaban J connectivity index is 0.000000817. The van der Waals surface area contributed by atoms with Crippen LogP contribution in [0.25, 0.3) is 11.1 Å². The van der Waals surface area contributed by atoms with Crippen LogP contribution in [0.5, 0.6) is 0 Å². The van der Waals surface area contributed by atoms with E-state index in [2.05, 4.69) is 4.98 Å². The number of hydrogen-bond donors (Lipinski definition) is 2. The van der Waals surface area contributed by atoms with Crippen LogP contribution >= 0.6 is 11.6 Å². The van der Waals surface area contributed by atoms with Crippen LogP contribution < -0.4 is 5.73 Å². The van der Waals surface area contributed by atoms with E-state index in [1.807, 2.05) is 6.07 Å². The van der Waals surface area contributed by atoms with Gasteiger partial charge in [-0.3, -0.25) is 9.59 Å². The normalized spacial score (nSPS) is 12.3. The van der Waals surface area contributed by atoms with Crippen molar-refractivity contribution in [2.24, 2.45) is 0 Å². The fourth-order valence-corrected chi connectivity index (χ4v) is 3.11. The number of halogens is 2. The number of pyridine rings is 1. The Bertz CT molecular complexity index is 943. The molecule has 0 saturated heterocycles. The minimum atomic E-state index is -0.549. The Morgan fingerprint density at radius 3 is 2.74 bits per heavy atom. The molecule has 0 aliphatic carbocycles. The number of nitriles is 1. The maximum atomic E-state index is 14.5. The SMILES string of the molecule is CC(=O)N1CCc2nc(N)c(C#N)c(-c3ccc(Cl)cc3F)c2C1.O=CO. The Morgan fingerprint density at radius 1 is 1.52 bits per heavy atom. The van der Waals surface area contributed by atoms with Gasteiger partial charge < -0.3 is 15.7 Å². The quantitative estimate of drug-likeness (QED) is 0.722. The van der Waals surface area contributed by atoms with Crippen molar-refractivity contribution >= 4 is 29.8 Å². The van der Waals surface area contributed by atoms with Crippen molar-refractivity contribution in [3.05, 3.63) is 45.9 Å². The molecule has 2 aromatic rings. The Hall–Kier alpha value is -3.18. The number of rotatable bonds is 1. The Morgan fingerprint density at radius 2 is 2.19 bits per heavy atom. The lowest BCUT2D eigenvalue weighted by Crippen LogP contribution is -2.35. The van der Waals surface area contributed by atoms with Gasteiger partial charge in [0.2, 0.25) is 5.91 Å². The van der Waals surface area contributed by atoms with Crippen LogP contribution in [-0.4, -0.2) is 33.9 Å². The summed E-state index contributed by atoms with van der Waals surface area (Å²) in [5.74, 6) is -0.567. The highest BCUT2D eigenvalue weighted by Gasteiger charge is 2.27. The number of aromatic nitrogens is 1. The first-order chi connectivity index (χ1) is 12.8. The second-order valence-corrected chi connectivity index (χ2v) is 6.14. The summed E-state index contributed by atoms with van der Waals surface area (Å²) in [7, 11) is 0. The molecule has 3 rings (SSSR count). The van der Waals surface area contributed by atoms with Gasteiger partial charge in [0.05, 0.1) is 5.69 Å². The van der Waals surface area contributed by atoms with Crippen LogP contribution in [0.4, 0.5) is 10.2 Å². The summed E-state index contributed by atoms with van der Waals surface area (Å²) in [4.78, 5) is 26.0. The highest BCUT2D eigenvalue weighted by Crippen LogP contribution is 2.37. The van der Waals surface area contributed by atoms with E-state index in [0.29, 0.717) is 29.8 Å². The van der Waals surface area contributed by atoms with Crippen molar-refractivity contribution in [2.75, 3.05) is 12.3 Å². The second-order valence-electron chi connectivity index (χ2n) is 5.70. The van der Waals surface area contributed by atoms with E-state index < -0.39 is 5.82 Å². The summed E-state index contributed by atoms with van der Waals surface area (Å²) < 4.78 is 14.5. The molecule has 2 heterocycles. The monoisotopic (exact) mass is 390 g/mol. The lowest BCUT2D eigenvalue weighted by Gasteiger charge is -2.29. The molecule has 1 aliphatic rings. The number of carboxylic acid groups (broad SMARTS) is 1. The van der Waals surface area contributed by atoms with Crippen LogP contribution in [0, 0.1) is 17.1 Å². The molecule has 0 unspecified atom stereocenters. The zero-order valence-electron chi connectivity index (χ0n) is 14.4. The molecule has 7 nitrogen and oxygen atoms in total.